The Balaban J connectivity index is 1.51. The summed E-state index contributed by atoms with van der Waals surface area (Å²) < 4.78 is 39.9. The minimum Gasteiger partial charge on any atom is -0.496 e. The predicted molar refractivity (Wildman–Crippen MR) is 161 cm³/mol. The SMILES string of the molecule is COc1ccccc1CCN(CC(=O)NCC1CCC(CN)CC1)S(=O)(=O)c1ccc(-c2ccccc2OC)cc1. The molecule has 1 fully saturated rings. The molecule has 0 aliphatic heterocycles. The van der Waals surface area contributed by atoms with Crippen LogP contribution in [0.1, 0.15) is 31.2 Å². The molecule has 0 bridgehead atoms. The second-order valence-corrected chi connectivity index (χ2v) is 12.5. The van der Waals surface area contributed by atoms with Crippen LogP contribution >= 0.6 is 0 Å². The number of carbonyl (C=O) groups excluding carboxylic acids is 1. The summed E-state index contributed by atoms with van der Waals surface area (Å²) in [5.41, 5.74) is 8.39. The van der Waals surface area contributed by atoms with Gasteiger partial charge in [0.25, 0.3) is 0 Å². The highest BCUT2D eigenvalue weighted by Gasteiger charge is 2.28. The molecule has 0 aromatic heterocycles. The average Bonchev–Trinajstić information content (AvgIpc) is 3.02. The van der Waals surface area contributed by atoms with Gasteiger partial charge in [0, 0.05) is 18.7 Å². The fraction of sp³-hybridized carbons (Fsp3) is 0.406. The summed E-state index contributed by atoms with van der Waals surface area (Å²) in [7, 11) is -0.775. The van der Waals surface area contributed by atoms with Gasteiger partial charge in [-0.05, 0) is 85.9 Å². The Hall–Kier alpha value is -3.40. The molecule has 0 unspecified atom stereocenters. The minimum absolute atomic E-state index is 0.129. The third kappa shape index (κ3) is 7.87. The van der Waals surface area contributed by atoms with E-state index in [4.69, 9.17) is 15.2 Å². The number of hydrogen-bond donors (Lipinski definition) is 2. The molecule has 1 saturated carbocycles. The van der Waals surface area contributed by atoms with Gasteiger partial charge in [-0.25, -0.2) is 8.42 Å². The number of nitrogens with two attached hydrogens (primary N) is 1. The predicted octanol–water partition coefficient (Wildman–Crippen LogP) is 4.49. The first-order valence-corrected chi connectivity index (χ1v) is 15.6. The number of nitrogens with zero attached hydrogens (tertiary/aromatic N) is 1. The van der Waals surface area contributed by atoms with E-state index in [9.17, 15) is 13.2 Å². The Morgan fingerprint density at radius 2 is 1.49 bits per heavy atom. The Bertz CT molecular complexity index is 1390. The molecule has 1 amide bonds. The van der Waals surface area contributed by atoms with Crippen LogP contribution in [0.3, 0.4) is 0 Å². The van der Waals surface area contributed by atoms with Crippen LogP contribution < -0.4 is 20.5 Å². The smallest absolute Gasteiger partial charge is 0.243 e. The fourth-order valence-electron chi connectivity index (χ4n) is 5.42. The van der Waals surface area contributed by atoms with Crippen LogP contribution in [0.4, 0.5) is 0 Å². The molecule has 0 radical (unpaired) electrons. The molecule has 1 aliphatic rings. The summed E-state index contributed by atoms with van der Waals surface area (Å²) in [4.78, 5) is 13.2. The van der Waals surface area contributed by atoms with Crippen molar-refractivity contribution in [3.8, 4) is 22.6 Å². The van der Waals surface area contributed by atoms with Gasteiger partial charge in [-0.1, -0.05) is 48.5 Å². The van der Waals surface area contributed by atoms with Crippen molar-refractivity contribution in [3.63, 3.8) is 0 Å². The van der Waals surface area contributed by atoms with Crippen LogP contribution in [0.2, 0.25) is 0 Å². The Kier molecular flexibility index (Phi) is 10.8. The first-order valence-electron chi connectivity index (χ1n) is 14.2. The second kappa shape index (κ2) is 14.5. The highest BCUT2D eigenvalue weighted by Crippen LogP contribution is 2.31. The number of para-hydroxylation sites is 2. The Labute approximate surface area is 243 Å². The molecular formula is C32H41N3O5S. The number of hydrogen-bond acceptors (Lipinski definition) is 6. The summed E-state index contributed by atoms with van der Waals surface area (Å²) in [5.74, 6) is 2.04. The molecule has 4 rings (SSSR count). The quantitative estimate of drug-likeness (QED) is 0.309. The lowest BCUT2D eigenvalue weighted by molar-refractivity contribution is -0.121. The van der Waals surface area contributed by atoms with Gasteiger partial charge in [-0.3, -0.25) is 4.79 Å². The van der Waals surface area contributed by atoms with Crippen LogP contribution in [0, 0.1) is 11.8 Å². The van der Waals surface area contributed by atoms with Gasteiger partial charge in [0.15, 0.2) is 0 Å². The van der Waals surface area contributed by atoms with Crippen molar-refractivity contribution in [1.29, 1.82) is 0 Å². The van der Waals surface area contributed by atoms with Gasteiger partial charge >= 0.3 is 0 Å². The van der Waals surface area contributed by atoms with E-state index in [1.54, 1.807) is 38.5 Å². The Morgan fingerprint density at radius 1 is 0.878 bits per heavy atom. The molecule has 0 spiro atoms. The lowest BCUT2D eigenvalue weighted by Crippen LogP contribution is -2.43. The number of sulfonamides is 1. The van der Waals surface area contributed by atoms with Gasteiger partial charge in [-0.15, -0.1) is 0 Å². The first kappa shape index (κ1) is 30.6. The standard InChI is InChI=1S/C32H41N3O5S/c1-39-30-9-5-3-7-27(30)19-20-35(23-32(36)34-22-25-13-11-24(21-33)12-14-25)41(37,38)28-17-15-26(16-18-28)29-8-4-6-10-31(29)40-2/h3-10,15-18,24-25H,11-14,19-23,33H2,1-2H3,(H,34,36). The van der Waals surface area contributed by atoms with Crippen LogP contribution in [-0.4, -0.2) is 59.0 Å². The number of carbonyl (C=O) groups is 1. The molecule has 3 N–H and O–H groups in total. The highest BCUT2D eigenvalue weighted by atomic mass is 32.2. The molecule has 41 heavy (non-hydrogen) atoms. The number of ether oxygens (including phenoxy) is 2. The van der Waals surface area contributed by atoms with Gasteiger partial charge in [-0.2, -0.15) is 4.31 Å². The third-order valence-corrected chi connectivity index (χ3v) is 9.80. The van der Waals surface area contributed by atoms with Crippen LogP contribution in [0.15, 0.2) is 77.7 Å². The molecule has 3 aromatic rings. The van der Waals surface area contributed by atoms with Gasteiger partial charge < -0.3 is 20.5 Å². The maximum atomic E-state index is 13.9. The topological polar surface area (TPSA) is 111 Å². The maximum absolute atomic E-state index is 13.9. The largest absolute Gasteiger partial charge is 0.496 e. The lowest BCUT2D eigenvalue weighted by Gasteiger charge is -2.28. The highest BCUT2D eigenvalue weighted by molar-refractivity contribution is 7.89. The zero-order chi connectivity index (χ0) is 29.2. The van der Waals surface area contributed by atoms with Crippen molar-refractivity contribution < 1.29 is 22.7 Å². The maximum Gasteiger partial charge on any atom is 0.243 e. The molecule has 220 valence electrons. The molecule has 8 nitrogen and oxygen atoms in total. The van der Waals surface area contributed by atoms with Crippen molar-refractivity contribution in [2.24, 2.45) is 17.6 Å². The van der Waals surface area contributed by atoms with Crippen LogP contribution in [0.25, 0.3) is 11.1 Å². The van der Waals surface area contributed by atoms with Gasteiger partial charge in [0.1, 0.15) is 11.5 Å². The van der Waals surface area contributed by atoms with Crippen molar-refractivity contribution in [2.45, 2.75) is 37.0 Å². The van der Waals surface area contributed by atoms with Crippen molar-refractivity contribution in [1.82, 2.24) is 9.62 Å². The number of amides is 1. The minimum atomic E-state index is -3.97. The second-order valence-electron chi connectivity index (χ2n) is 10.6. The molecular weight excluding hydrogens is 538 g/mol. The van der Waals surface area contributed by atoms with Crippen LogP contribution in [-0.2, 0) is 21.2 Å². The zero-order valence-electron chi connectivity index (χ0n) is 23.9. The van der Waals surface area contributed by atoms with E-state index < -0.39 is 10.0 Å². The normalized spacial score (nSPS) is 17.3. The molecule has 0 atom stereocenters. The Morgan fingerprint density at radius 3 is 2.15 bits per heavy atom. The first-order chi connectivity index (χ1) is 19.8. The summed E-state index contributed by atoms with van der Waals surface area (Å²) in [5, 5.41) is 2.99. The van der Waals surface area contributed by atoms with Crippen molar-refractivity contribution >= 4 is 15.9 Å². The van der Waals surface area contributed by atoms with Crippen molar-refractivity contribution in [2.75, 3.05) is 40.4 Å². The van der Waals surface area contributed by atoms with E-state index >= 15 is 0 Å². The van der Waals surface area contributed by atoms with Crippen LogP contribution in [0.5, 0.6) is 11.5 Å². The van der Waals surface area contributed by atoms with Crippen molar-refractivity contribution in [3.05, 3.63) is 78.4 Å². The number of nitrogens with one attached hydrogen (secondary N) is 1. The van der Waals surface area contributed by atoms with E-state index in [1.807, 2.05) is 48.5 Å². The zero-order valence-corrected chi connectivity index (χ0v) is 24.7. The summed E-state index contributed by atoms with van der Waals surface area (Å²) in [6, 6.07) is 21.8. The molecule has 0 saturated heterocycles. The third-order valence-electron chi connectivity index (χ3n) is 7.94. The fourth-order valence-corrected chi connectivity index (χ4v) is 6.82. The number of rotatable bonds is 13. The van der Waals surface area contributed by atoms with E-state index in [-0.39, 0.29) is 23.9 Å². The molecule has 9 heteroatoms. The summed E-state index contributed by atoms with van der Waals surface area (Å²) in [6.07, 6.45) is 4.59. The lowest BCUT2D eigenvalue weighted by atomic mass is 9.82. The molecule has 0 heterocycles. The molecule has 3 aromatic carbocycles. The molecule has 1 aliphatic carbocycles. The summed E-state index contributed by atoms with van der Waals surface area (Å²) >= 11 is 0. The number of methoxy groups -OCH3 is 2. The van der Waals surface area contributed by atoms with E-state index in [2.05, 4.69) is 5.32 Å². The number of benzene rings is 3. The average molecular weight is 580 g/mol. The van der Waals surface area contributed by atoms with Gasteiger partial charge in [0.05, 0.1) is 25.7 Å². The van der Waals surface area contributed by atoms with Gasteiger partial charge in [0.2, 0.25) is 15.9 Å². The van der Waals surface area contributed by atoms with E-state index in [0.717, 1.165) is 42.4 Å². The van der Waals surface area contributed by atoms with E-state index in [0.29, 0.717) is 42.8 Å². The van der Waals surface area contributed by atoms with E-state index in [1.165, 1.54) is 4.31 Å². The summed E-state index contributed by atoms with van der Waals surface area (Å²) in [6.45, 7) is 1.12. The monoisotopic (exact) mass is 579 g/mol.